The fourth-order valence-corrected chi connectivity index (χ4v) is 3.70. The van der Waals surface area contributed by atoms with Gasteiger partial charge in [-0.1, -0.05) is 49.0 Å². The molecule has 1 aromatic carbocycles. The fourth-order valence-electron chi connectivity index (χ4n) is 3.22. The molecule has 2 N–H and O–H groups in total. The second-order valence-electron chi connectivity index (χ2n) is 7.03. The van der Waals surface area contributed by atoms with Gasteiger partial charge in [0, 0.05) is 22.6 Å². The molecule has 0 radical (unpaired) electrons. The zero-order valence-electron chi connectivity index (χ0n) is 16.0. The average molecular weight is 418 g/mol. The maximum Gasteiger partial charge on any atom is 0.325 e. The standard InChI is InChI=1S/C20H29Cl2NO4/c1-3-4-5-8-26-19-13(2)27-20(24)18(23)12-25-11-15(19)9-14-6-7-16(21)10-17(14)22/h6-7,10,13,15,18-19H,3-5,8-9,11-12,23H2,1-2H3. The fraction of sp³-hybridized carbons (Fsp3) is 0.650. The molecule has 1 heterocycles. The van der Waals surface area contributed by atoms with Gasteiger partial charge in [0.1, 0.15) is 12.1 Å². The molecule has 0 aromatic heterocycles. The maximum absolute atomic E-state index is 12.1. The number of hydrogen-bond acceptors (Lipinski definition) is 5. The highest BCUT2D eigenvalue weighted by molar-refractivity contribution is 6.35. The molecule has 2 rings (SSSR count). The van der Waals surface area contributed by atoms with Crippen molar-refractivity contribution in [3.05, 3.63) is 33.8 Å². The first kappa shape index (κ1) is 22.4. The first-order valence-corrected chi connectivity index (χ1v) is 10.3. The largest absolute Gasteiger partial charge is 0.459 e. The zero-order valence-corrected chi connectivity index (χ0v) is 17.5. The van der Waals surface area contributed by atoms with Crippen molar-refractivity contribution in [2.24, 2.45) is 11.7 Å². The van der Waals surface area contributed by atoms with Crippen LogP contribution in [0.25, 0.3) is 0 Å². The van der Waals surface area contributed by atoms with Gasteiger partial charge >= 0.3 is 5.97 Å². The Hall–Kier alpha value is -0.850. The number of unbranched alkanes of at least 4 members (excludes halogenated alkanes) is 2. The van der Waals surface area contributed by atoms with E-state index in [0.29, 0.717) is 29.7 Å². The topological polar surface area (TPSA) is 70.8 Å². The van der Waals surface area contributed by atoms with E-state index in [9.17, 15) is 4.79 Å². The van der Waals surface area contributed by atoms with E-state index in [2.05, 4.69) is 6.92 Å². The SMILES string of the molecule is CCCCCOC1C(Cc2ccc(Cl)cc2Cl)COCC(N)C(=O)OC1C. The molecule has 1 saturated heterocycles. The maximum atomic E-state index is 12.1. The lowest BCUT2D eigenvalue weighted by molar-refractivity contribution is -0.159. The van der Waals surface area contributed by atoms with Crippen molar-refractivity contribution in [1.82, 2.24) is 0 Å². The Morgan fingerprint density at radius 1 is 1.26 bits per heavy atom. The van der Waals surface area contributed by atoms with Gasteiger partial charge in [0.15, 0.2) is 0 Å². The van der Waals surface area contributed by atoms with Crippen molar-refractivity contribution in [2.45, 2.75) is 57.8 Å². The van der Waals surface area contributed by atoms with Crippen molar-refractivity contribution >= 4 is 29.2 Å². The number of benzene rings is 1. The average Bonchev–Trinajstić information content (AvgIpc) is 2.66. The zero-order chi connectivity index (χ0) is 19.8. The van der Waals surface area contributed by atoms with E-state index in [1.807, 2.05) is 19.1 Å². The molecule has 5 nitrogen and oxygen atoms in total. The number of rotatable bonds is 7. The second-order valence-corrected chi connectivity index (χ2v) is 7.87. The summed E-state index contributed by atoms with van der Waals surface area (Å²) in [6.45, 7) is 5.13. The van der Waals surface area contributed by atoms with Crippen LogP contribution < -0.4 is 5.73 Å². The minimum atomic E-state index is -0.786. The molecule has 0 bridgehead atoms. The molecule has 4 atom stereocenters. The van der Waals surface area contributed by atoms with Crippen LogP contribution in [0.15, 0.2) is 18.2 Å². The quantitative estimate of drug-likeness (QED) is 0.535. The smallest absolute Gasteiger partial charge is 0.325 e. The van der Waals surface area contributed by atoms with E-state index < -0.39 is 18.1 Å². The molecule has 27 heavy (non-hydrogen) atoms. The molecule has 1 aliphatic heterocycles. The number of carbonyl (C=O) groups is 1. The minimum absolute atomic E-state index is 0.0293. The predicted molar refractivity (Wildman–Crippen MR) is 107 cm³/mol. The van der Waals surface area contributed by atoms with Crippen molar-refractivity contribution in [3.8, 4) is 0 Å². The van der Waals surface area contributed by atoms with Crippen LogP contribution in [0.4, 0.5) is 0 Å². The highest BCUT2D eigenvalue weighted by Gasteiger charge is 2.34. The predicted octanol–water partition coefficient (Wildman–Crippen LogP) is 4.02. The van der Waals surface area contributed by atoms with Gasteiger partial charge in [-0.05, 0) is 37.5 Å². The van der Waals surface area contributed by atoms with E-state index >= 15 is 0 Å². The lowest BCUT2D eigenvalue weighted by atomic mass is 9.91. The Labute approximate surface area is 171 Å². The summed E-state index contributed by atoms with van der Waals surface area (Å²) in [4.78, 5) is 12.1. The van der Waals surface area contributed by atoms with E-state index in [0.717, 1.165) is 24.8 Å². The van der Waals surface area contributed by atoms with E-state index in [-0.39, 0.29) is 18.6 Å². The van der Waals surface area contributed by atoms with Crippen molar-refractivity contribution in [3.63, 3.8) is 0 Å². The number of nitrogens with two attached hydrogens (primary N) is 1. The summed E-state index contributed by atoms with van der Waals surface area (Å²) in [5, 5.41) is 1.20. The molecule has 0 amide bonds. The first-order chi connectivity index (χ1) is 12.9. The Balaban J connectivity index is 2.18. The molecule has 4 unspecified atom stereocenters. The van der Waals surface area contributed by atoms with Gasteiger partial charge < -0.3 is 19.9 Å². The third-order valence-electron chi connectivity index (χ3n) is 4.72. The summed E-state index contributed by atoms with van der Waals surface area (Å²) in [5.74, 6) is -0.492. The highest BCUT2D eigenvalue weighted by Crippen LogP contribution is 2.27. The van der Waals surface area contributed by atoms with E-state index in [4.69, 9.17) is 43.1 Å². The highest BCUT2D eigenvalue weighted by atomic mass is 35.5. The van der Waals surface area contributed by atoms with Crippen LogP contribution in [-0.4, -0.2) is 44.0 Å². The van der Waals surface area contributed by atoms with Gasteiger partial charge in [-0.2, -0.15) is 0 Å². The summed E-state index contributed by atoms with van der Waals surface area (Å²) in [6, 6.07) is 4.67. The van der Waals surface area contributed by atoms with Gasteiger partial charge in [0.25, 0.3) is 0 Å². The molecule has 1 fully saturated rings. The number of ether oxygens (including phenoxy) is 3. The normalized spacial score (nSPS) is 26.8. The van der Waals surface area contributed by atoms with Crippen LogP contribution in [0.5, 0.6) is 0 Å². The Bertz CT molecular complexity index is 614. The number of halogens is 2. The molecule has 1 aliphatic rings. The van der Waals surface area contributed by atoms with Crippen LogP contribution in [0.3, 0.4) is 0 Å². The molecule has 152 valence electrons. The van der Waals surface area contributed by atoms with E-state index in [1.165, 1.54) is 0 Å². The molecule has 7 heteroatoms. The summed E-state index contributed by atoms with van der Waals surface area (Å²) in [6.07, 6.45) is 3.07. The monoisotopic (exact) mass is 417 g/mol. The van der Waals surface area contributed by atoms with Crippen LogP contribution in [0, 0.1) is 5.92 Å². The first-order valence-electron chi connectivity index (χ1n) is 9.51. The van der Waals surface area contributed by atoms with Crippen molar-refractivity contribution < 1.29 is 19.0 Å². The Morgan fingerprint density at radius 2 is 2.04 bits per heavy atom. The van der Waals surface area contributed by atoms with Gasteiger partial charge in [0.2, 0.25) is 0 Å². The molecule has 0 spiro atoms. The minimum Gasteiger partial charge on any atom is -0.459 e. The number of esters is 1. The van der Waals surface area contributed by atoms with Crippen LogP contribution >= 0.6 is 23.2 Å². The van der Waals surface area contributed by atoms with Crippen LogP contribution in [-0.2, 0) is 25.4 Å². The number of cyclic esters (lactones) is 1. The van der Waals surface area contributed by atoms with Gasteiger partial charge in [0.05, 0.1) is 19.3 Å². The Kier molecular flexibility index (Phi) is 9.33. The summed E-state index contributed by atoms with van der Waals surface area (Å²) in [5.41, 5.74) is 6.78. The van der Waals surface area contributed by atoms with Crippen molar-refractivity contribution in [2.75, 3.05) is 19.8 Å². The summed E-state index contributed by atoms with van der Waals surface area (Å²) < 4.78 is 17.4. The third kappa shape index (κ3) is 6.91. The molecule has 1 aromatic rings. The molecular formula is C20H29Cl2NO4. The molecule has 0 aliphatic carbocycles. The Morgan fingerprint density at radius 3 is 2.74 bits per heavy atom. The number of hydrogen-bond donors (Lipinski definition) is 1. The summed E-state index contributed by atoms with van der Waals surface area (Å²) in [7, 11) is 0. The lowest BCUT2D eigenvalue weighted by Gasteiger charge is -2.31. The van der Waals surface area contributed by atoms with Crippen LogP contribution in [0.1, 0.15) is 38.7 Å². The van der Waals surface area contributed by atoms with Gasteiger partial charge in [-0.15, -0.1) is 0 Å². The molecule has 0 saturated carbocycles. The third-order valence-corrected chi connectivity index (χ3v) is 5.30. The van der Waals surface area contributed by atoms with E-state index in [1.54, 1.807) is 6.07 Å². The lowest BCUT2D eigenvalue weighted by Crippen LogP contribution is -2.42. The summed E-state index contributed by atoms with van der Waals surface area (Å²) >= 11 is 12.4. The van der Waals surface area contributed by atoms with Gasteiger partial charge in [-0.3, -0.25) is 4.79 Å². The second kappa shape index (κ2) is 11.2. The van der Waals surface area contributed by atoms with Gasteiger partial charge in [-0.25, -0.2) is 0 Å². The van der Waals surface area contributed by atoms with Crippen LogP contribution in [0.2, 0.25) is 10.0 Å². The molecular weight excluding hydrogens is 389 g/mol. The number of carbonyl (C=O) groups excluding carboxylic acids is 1. The van der Waals surface area contributed by atoms with Crippen molar-refractivity contribution in [1.29, 1.82) is 0 Å².